The average molecular weight is 223 g/mol. The fourth-order valence-electron chi connectivity index (χ4n) is 1.50. The minimum absolute atomic E-state index is 0.147. The first kappa shape index (κ1) is 12.9. The van der Waals surface area contributed by atoms with Crippen molar-refractivity contribution in [3.63, 3.8) is 0 Å². The van der Waals surface area contributed by atoms with Crippen LogP contribution in [0.25, 0.3) is 0 Å². The Balaban J connectivity index is 2.66. The molecule has 0 aliphatic carbocycles. The summed E-state index contributed by atoms with van der Waals surface area (Å²) in [6, 6.07) is 2.38. The summed E-state index contributed by atoms with van der Waals surface area (Å²) in [5.41, 5.74) is 1.02. The predicted molar refractivity (Wildman–Crippen MR) is 64.6 cm³/mol. The fraction of sp³-hybridized carbons (Fsp3) is 0.667. The molecule has 0 bridgehead atoms. The average Bonchev–Trinajstić information content (AvgIpc) is 2.25. The van der Waals surface area contributed by atoms with Crippen LogP contribution >= 0.6 is 0 Å². The Labute approximate surface area is 97.5 Å². The van der Waals surface area contributed by atoms with E-state index < -0.39 is 0 Å². The van der Waals surface area contributed by atoms with Gasteiger partial charge in [-0.05, 0) is 27.3 Å². The maximum Gasteiger partial charge on any atom is 0.216 e. The van der Waals surface area contributed by atoms with Gasteiger partial charge in [0.25, 0.3) is 0 Å². The van der Waals surface area contributed by atoms with Gasteiger partial charge in [-0.1, -0.05) is 6.92 Å². The molecule has 90 valence electrons. The van der Waals surface area contributed by atoms with Crippen molar-refractivity contribution in [1.82, 2.24) is 15.3 Å². The molecule has 1 heterocycles. The highest BCUT2D eigenvalue weighted by Crippen LogP contribution is 2.11. The van der Waals surface area contributed by atoms with Crippen molar-refractivity contribution >= 4 is 0 Å². The maximum absolute atomic E-state index is 5.53. The molecule has 0 amide bonds. The molecule has 1 aromatic rings. The quantitative estimate of drug-likeness (QED) is 0.799. The number of rotatable bonds is 6. The van der Waals surface area contributed by atoms with E-state index in [2.05, 4.69) is 22.2 Å². The lowest BCUT2D eigenvalue weighted by Crippen LogP contribution is -2.27. The molecule has 0 aliphatic rings. The molecule has 0 radical (unpaired) electrons. The van der Waals surface area contributed by atoms with Gasteiger partial charge in [0.05, 0.1) is 6.10 Å². The first-order valence-corrected chi connectivity index (χ1v) is 5.80. The molecule has 4 heteroatoms. The summed E-state index contributed by atoms with van der Waals surface area (Å²) in [4.78, 5) is 8.34. The van der Waals surface area contributed by atoms with E-state index in [1.165, 1.54) is 0 Å². The van der Waals surface area contributed by atoms with Crippen molar-refractivity contribution in [2.45, 2.75) is 45.8 Å². The van der Waals surface area contributed by atoms with Crippen molar-refractivity contribution in [2.75, 3.05) is 7.05 Å². The second-order valence-electron chi connectivity index (χ2n) is 4.11. The van der Waals surface area contributed by atoms with Crippen LogP contribution in [0.2, 0.25) is 0 Å². The van der Waals surface area contributed by atoms with Gasteiger partial charge in [0.1, 0.15) is 6.33 Å². The topological polar surface area (TPSA) is 47.0 Å². The number of nitrogens with one attached hydrogen (secondary N) is 1. The van der Waals surface area contributed by atoms with E-state index in [0.717, 1.165) is 18.5 Å². The van der Waals surface area contributed by atoms with Crippen LogP contribution < -0.4 is 10.1 Å². The molecule has 1 unspecified atom stereocenters. The van der Waals surface area contributed by atoms with Crippen LogP contribution in [0.3, 0.4) is 0 Å². The Bertz CT molecular complexity index is 311. The molecule has 0 aliphatic heterocycles. The van der Waals surface area contributed by atoms with E-state index in [0.29, 0.717) is 11.9 Å². The fourth-order valence-corrected chi connectivity index (χ4v) is 1.50. The maximum atomic E-state index is 5.53. The standard InChI is InChI=1S/C12H21N3O/c1-5-10(13-4)6-11-7-12(15-8-14-11)16-9(2)3/h7-10,13H,5-6H2,1-4H3. The third kappa shape index (κ3) is 4.14. The normalized spacial score (nSPS) is 12.8. The summed E-state index contributed by atoms with van der Waals surface area (Å²) in [5.74, 6) is 0.658. The molecule has 1 atom stereocenters. The second-order valence-corrected chi connectivity index (χ2v) is 4.11. The van der Waals surface area contributed by atoms with Crippen molar-refractivity contribution in [3.8, 4) is 5.88 Å². The highest BCUT2D eigenvalue weighted by atomic mass is 16.5. The molecule has 1 N–H and O–H groups in total. The predicted octanol–water partition coefficient (Wildman–Crippen LogP) is 1.80. The van der Waals surface area contributed by atoms with Crippen LogP contribution in [0, 0.1) is 0 Å². The van der Waals surface area contributed by atoms with Crippen LogP contribution in [-0.4, -0.2) is 29.2 Å². The summed E-state index contributed by atoms with van der Waals surface area (Å²) in [6.07, 6.45) is 3.70. The number of likely N-dealkylation sites (N-methyl/N-ethyl adjacent to an activating group) is 1. The molecule has 1 rings (SSSR count). The molecule has 4 nitrogen and oxygen atoms in total. The Morgan fingerprint density at radius 2 is 2.12 bits per heavy atom. The van der Waals surface area contributed by atoms with Crippen LogP contribution in [0.5, 0.6) is 5.88 Å². The molecule has 16 heavy (non-hydrogen) atoms. The lowest BCUT2D eigenvalue weighted by molar-refractivity contribution is 0.232. The van der Waals surface area contributed by atoms with Crippen LogP contribution in [0.15, 0.2) is 12.4 Å². The molecule has 0 saturated heterocycles. The molecule has 0 spiro atoms. The summed E-state index contributed by atoms with van der Waals surface area (Å²) < 4.78 is 5.53. The van der Waals surface area contributed by atoms with E-state index >= 15 is 0 Å². The number of nitrogens with zero attached hydrogens (tertiary/aromatic N) is 2. The highest BCUT2D eigenvalue weighted by molar-refractivity contribution is 5.14. The number of hydrogen-bond acceptors (Lipinski definition) is 4. The van der Waals surface area contributed by atoms with Gasteiger partial charge < -0.3 is 10.1 Å². The van der Waals surface area contributed by atoms with Crippen LogP contribution in [-0.2, 0) is 6.42 Å². The molecule has 1 aromatic heterocycles. The van der Waals surface area contributed by atoms with Crippen molar-refractivity contribution in [3.05, 3.63) is 18.1 Å². The van der Waals surface area contributed by atoms with Gasteiger partial charge in [0, 0.05) is 24.2 Å². The van der Waals surface area contributed by atoms with E-state index in [9.17, 15) is 0 Å². The van der Waals surface area contributed by atoms with E-state index in [1.807, 2.05) is 27.0 Å². The Hall–Kier alpha value is -1.16. The largest absolute Gasteiger partial charge is 0.475 e. The van der Waals surface area contributed by atoms with E-state index in [1.54, 1.807) is 6.33 Å². The van der Waals surface area contributed by atoms with Crippen LogP contribution in [0.1, 0.15) is 32.9 Å². The first-order chi connectivity index (χ1) is 7.65. The zero-order chi connectivity index (χ0) is 12.0. The van der Waals surface area contributed by atoms with Gasteiger partial charge in [-0.3, -0.25) is 0 Å². The van der Waals surface area contributed by atoms with Gasteiger partial charge in [-0.15, -0.1) is 0 Å². The van der Waals surface area contributed by atoms with Gasteiger partial charge >= 0.3 is 0 Å². The minimum Gasteiger partial charge on any atom is -0.475 e. The Kier molecular flexibility index (Phi) is 5.19. The number of hydrogen-bond donors (Lipinski definition) is 1. The van der Waals surface area contributed by atoms with E-state index in [4.69, 9.17) is 4.74 Å². The molecule has 0 saturated carbocycles. The van der Waals surface area contributed by atoms with Crippen molar-refractivity contribution < 1.29 is 4.74 Å². The lowest BCUT2D eigenvalue weighted by Gasteiger charge is -2.14. The number of aromatic nitrogens is 2. The molecular formula is C12H21N3O. The third-order valence-electron chi connectivity index (χ3n) is 2.41. The van der Waals surface area contributed by atoms with Crippen molar-refractivity contribution in [2.24, 2.45) is 0 Å². The van der Waals surface area contributed by atoms with Crippen LogP contribution in [0.4, 0.5) is 0 Å². The number of ether oxygens (including phenoxy) is 1. The summed E-state index contributed by atoms with van der Waals surface area (Å²) in [5, 5.41) is 3.26. The molecule has 0 fully saturated rings. The summed E-state index contributed by atoms with van der Waals surface area (Å²) in [6.45, 7) is 6.14. The SMILES string of the molecule is CCC(Cc1cc(OC(C)C)ncn1)NC. The second kappa shape index (κ2) is 6.43. The smallest absolute Gasteiger partial charge is 0.216 e. The monoisotopic (exact) mass is 223 g/mol. The van der Waals surface area contributed by atoms with Gasteiger partial charge in [-0.25, -0.2) is 9.97 Å². The Morgan fingerprint density at radius 3 is 2.69 bits per heavy atom. The zero-order valence-electron chi connectivity index (χ0n) is 10.5. The van der Waals surface area contributed by atoms with Gasteiger partial charge in [-0.2, -0.15) is 0 Å². The highest BCUT2D eigenvalue weighted by Gasteiger charge is 2.07. The van der Waals surface area contributed by atoms with Gasteiger partial charge in [0.2, 0.25) is 5.88 Å². The van der Waals surface area contributed by atoms with Gasteiger partial charge in [0.15, 0.2) is 0 Å². The summed E-state index contributed by atoms with van der Waals surface area (Å²) >= 11 is 0. The van der Waals surface area contributed by atoms with Crippen molar-refractivity contribution in [1.29, 1.82) is 0 Å². The third-order valence-corrected chi connectivity index (χ3v) is 2.41. The zero-order valence-corrected chi connectivity index (χ0v) is 10.5. The molecular weight excluding hydrogens is 202 g/mol. The molecule has 0 aromatic carbocycles. The first-order valence-electron chi connectivity index (χ1n) is 5.80. The minimum atomic E-state index is 0.147. The van der Waals surface area contributed by atoms with E-state index in [-0.39, 0.29) is 6.10 Å². The Morgan fingerprint density at radius 1 is 1.38 bits per heavy atom. The summed E-state index contributed by atoms with van der Waals surface area (Å²) in [7, 11) is 1.97. The lowest BCUT2D eigenvalue weighted by atomic mass is 10.1.